The first-order chi connectivity index (χ1) is 8.56. The number of aryl methyl sites for hydroxylation is 1. The lowest BCUT2D eigenvalue weighted by Gasteiger charge is -2.12. The molecule has 0 amide bonds. The number of aromatic nitrogens is 2. The highest BCUT2D eigenvalue weighted by atomic mass is 79.9. The van der Waals surface area contributed by atoms with E-state index < -0.39 is 6.10 Å². The minimum atomic E-state index is -0.607. The highest BCUT2D eigenvalue weighted by molar-refractivity contribution is 9.10. The molecule has 0 radical (unpaired) electrons. The van der Waals surface area contributed by atoms with Crippen molar-refractivity contribution in [2.75, 3.05) is 0 Å². The van der Waals surface area contributed by atoms with Crippen LogP contribution in [0.2, 0.25) is 0 Å². The van der Waals surface area contributed by atoms with Gasteiger partial charge in [0.2, 0.25) is 11.7 Å². The molecule has 0 aliphatic carbocycles. The van der Waals surface area contributed by atoms with E-state index in [-0.39, 0.29) is 6.61 Å². The molecule has 2 aromatic rings. The van der Waals surface area contributed by atoms with E-state index in [1.807, 2.05) is 12.1 Å². The van der Waals surface area contributed by atoms with Crippen LogP contribution in [0.3, 0.4) is 0 Å². The molecule has 1 atom stereocenters. The molecule has 2 rings (SSSR count). The molecular formula is C12H13BrN2O3. The topological polar surface area (TPSA) is 68.4 Å². The molecule has 6 heteroatoms. The molecule has 5 nitrogen and oxygen atoms in total. The van der Waals surface area contributed by atoms with Crippen LogP contribution >= 0.6 is 15.9 Å². The zero-order valence-corrected chi connectivity index (χ0v) is 11.6. The zero-order chi connectivity index (χ0) is 13.1. The highest BCUT2D eigenvalue weighted by Crippen LogP contribution is 2.28. The van der Waals surface area contributed by atoms with Crippen LogP contribution in [0, 0.1) is 6.92 Å². The molecule has 1 heterocycles. The first-order valence-corrected chi connectivity index (χ1v) is 6.25. The number of aliphatic hydroxyl groups is 1. The van der Waals surface area contributed by atoms with Gasteiger partial charge in [0.05, 0.1) is 6.10 Å². The summed E-state index contributed by atoms with van der Waals surface area (Å²) in [4.78, 5) is 4.04. The fourth-order valence-corrected chi connectivity index (χ4v) is 1.90. The number of benzene rings is 1. The van der Waals surface area contributed by atoms with Crippen molar-refractivity contribution in [3.63, 3.8) is 0 Å². The lowest BCUT2D eigenvalue weighted by Crippen LogP contribution is -2.02. The number of nitrogens with zero attached hydrogens (tertiary/aromatic N) is 2. The SMILES string of the molecule is Cc1nc(COc2ccc(Br)cc2[C@@H](C)O)no1. The summed E-state index contributed by atoms with van der Waals surface area (Å²) in [6.45, 7) is 3.61. The lowest BCUT2D eigenvalue weighted by molar-refractivity contribution is 0.189. The Kier molecular flexibility index (Phi) is 3.98. The van der Waals surface area contributed by atoms with Crippen molar-refractivity contribution >= 4 is 15.9 Å². The molecule has 0 saturated heterocycles. The fourth-order valence-electron chi connectivity index (χ4n) is 1.52. The number of ether oxygens (including phenoxy) is 1. The van der Waals surface area contributed by atoms with E-state index in [4.69, 9.17) is 9.26 Å². The molecule has 1 aromatic heterocycles. The van der Waals surface area contributed by atoms with Crippen LogP contribution in [0.25, 0.3) is 0 Å². The van der Waals surface area contributed by atoms with Crippen molar-refractivity contribution < 1.29 is 14.4 Å². The summed E-state index contributed by atoms with van der Waals surface area (Å²) in [6, 6.07) is 5.46. The molecule has 0 saturated carbocycles. The van der Waals surface area contributed by atoms with E-state index >= 15 is 0 Å². The number of aliphatic hydroxyl groups excluding tert-OH is 1. The van der Waals surface area contributed by atoms with Gasteiger partial charge in [-0.25, -0.2) is 0 Å². The minimum Gasteiger partial charge on any atom is -0.485 e. The van der Waals surface area contributed by atoms with Crippen LogP contribution in [0.15, 0.2) is 27.2 Å². The van der Waals surface area contributed by atoms with Gasteiger partial charge in [-0.15, -0.1) is 0 Å². The maximum absolute atomic E-state index is 9.68. The van der Waals surface area contributed by atoms with Gasteiger partial charge in [0.25, 0.3) is 0 Å². The average Bonchev–Trinajstić information content (AvgIpc) is 2.73. The smallest absolute Gasteiger partial charge is 0.223 e. The van der Waals surface area contributed by atoms with E-state index in [0.29, 0.717) is 23.0 Å². The average molecular weight is 313 g/mol. The van der Waals surface area contributed by atoms with Crippen molar-refractivity contribution in [3.05, 3.63) is 40.0 Å². The van der Waals surface area contributed by atoms with Gasteiger partial charge < -0.3 is 14.4 Å². The van der Waals surface area contributed by atoms with Gasteiger partial charge in [-0.3, -0.25) is 0 Å². The zero-order valence-electron chi connectivity index (χ0n) is 10.1. The van der Waals surface area contributed by atoms with Gasteiger partial charge in [0, 0.05) is 17.0 Å². The first-order valence-electron chi connectivity index (χ1n) is 5.46. The summed E-state index contributed by atoms with van der Waals surface area (Å²) < 4.78 is 11.3. The molecule has 0 fully saturated rings. The molecule has 0 aliphatic heterocycles. The Morgan fingerprint density at radius 1 is 1.50 bits per heavy atom. The monoisotopic (exact) mass is 312 g/mol. The van der Waals surface area contributed by atoms with Crippen molar-refractivity contribution in [1.29, 1.82) is 0 Å². The summed E-state index contributed by atoms with van der Waals surface area (Å²) in [5.41, 5.74) is 0.713. The molecule has 0 bridgehead atoms. The van der Waals surface area contributed by atoms with E-state index in [2.05, 4.69) is 26.1 Å². The lowest BCUT2D eigenvalue weighted by atomic mass is 10.1. The predicted molar refractivity (Wildman–Crippen MR) is 68.1 cm³/mol. The Labute approximate surface area is 113 Å². The fraction of sp³-hybridized carbons (Fsp3) is 0.333. The van der Waals surface area contributed by atoms with Gasteiger partial charge in [-0.2, -0.15) is 4.98 Å². The van der Waals surface area contributed by atoms with Crippen LogP contribution in [-0.4, -0.2) is 15.2 Å². The van der Waals surface area contributed by atoms with E-state index in [1.165, 1.54) is 0 Å². The second-order valence-electron chi connectivity index (χ2n) is 3.88. The summed E-state index contributed by atoms with van der Waals surface area (Å²) >= 11 is 3.36. The standard InChI is InChI=1S/C12H13BrN2O3/c1-7(16)10-5-9(13)3-4-11(10)17-6-12-14-8(2)18-15-12/h3-5,7,16H,6H2,1-2H3/t7-/m1/s1. The number of hydrogen-bond acceptors (Lipinski definition) is 5. The molecule has 0 spiro atoms. The second kappa shape index (κ2) is 5.49. The molecule has 1 aromatic carbocycles. The van der Waals surface area contributed by atoms with E-state index in [0.717, 1.165) is 4.47 Å². The van der Waals surface area contributed by atoms with Crippen molar-refractivity contribution in [2.45, 2.75) is 26.6 Å². The maximum Gasteiger partial charge on any atom is 0.223 e. The van der Waals surface area contributed by atoms with Crippen LogP contribution < -0.4 is 4.74 Å². The van der Waals surface area contributed by atoms with Crippen molar-refractivity contribution in [3.8, 4) is 5.75 Å². The normalized spacial score (nSPS) is 12.4. The number of rotatable bonds is 4. The predicted octanol–water partition coefficient (Wildman–Crippen LogP) is 2.77. The van der Waals surface area contributed by atoms with Crippen LogP contribution in [0.1, 0.15) is 30.3 Å². The summed E-state index contributed by atoms with van der Waals surface area (Å²) in [5.74, 6) is 1.59. The number of halogens is 1. The molecular weight excluding hydrogens is 300 g/mol. The molecule has 1 N–H and O–H groups in total. The van der Waals surface area contributed by atoms with Gasteiger partial charge in [-0.05, 0) is 25.1 Å². The maximum atomic E-state index is 9.68. The Hall–Kier alpha value is -1.40. The third-order valence-electron chi connectivity index (χ3n) is 2.35. The van der Waals surface area contributed by atoms with Gasteiger partial charge >= 0.3 is 0 Å². The van der Waals surface area contributed by atoms with Crippen molar-refractivity contribution in [1.82, 2.24) is 10.1 Å². The molecule has 96 valence electrons. The summed E-state index contributed by atoms with van der Waals surface area (Å²) in [5, 5.41) is 13.4. The van der Waals surface area contributed by atoms with E-state index in [9.17, 15) is 5.11 Å². The van der Waals surface area contributed by atoms with Crippen LogP contribution in [0.5, 0.6) is 5.75 Å². The first kappa shape index (κ1) is 13.0. The molecule has 0 aliphatic rings. The Morgan fingerprint density at radius 2 is 2.28 bits per heavy atom. The van der Waals surface area contributed by atoms with Crippen LogP contribution in [0.4, 0.5) is 0 Å². The third kappa shape index (κ3) is 3.08. The van der Waals surface area contributed by atoms with E-state index in [1.54, 1.807) is 19.9 Å². The molecule has 0 unspecified atom stereocenters. The summed E-state index contributed by atoms with van der Waals surface area (Å²) in [7, 11) is 0. The molecule has 18 heavy (non-hydrogen) atoms. The van der Waals surface area contributed by atoms with Crippen molar-refractivity contribution in [2.24, 2.45) is 0 Å². The largest absolute Gasteiger partial charge is 0.485 e. The Bertz CT molecular complexity index is 540. The Morgan fingerprint density at radius 3 is 2.89 bits per heavy atom. The van der Waals surface area contributed by atoms with Gasteiger partial charge in [-0.1, -0.05) is 21.1 Å². The Balaban J connectivity index is 2.13. The third-order valence-corrected chi connectivity index (χ3v) is 2.84. The van der Waals surface area contributed by atoms with Gasteiger partial charge in [0.1, 0.15) is 5.75 Å². The van der Waals surface area contributed by atoms with Crippen LogP contribution in [-0.2, 0) is 6.61 Å². The summed E-state index contributed by atoms with van der Waals surface area (Å²) in [6.07, 6.45) is -0.607. The minimum absolute atomic E-state index is 0.207. The quantitative estimate of drug-likeness (QED) is 0.940. The highest BCUT2D eigenvalue weighted by Gasteiger charge is 2.11. The number of hydrogen-bond donors (Lipinski definition) is 1. The second-order valence-corrected chi connectivity index (χ2v) is 4.79. The van der Waals surface area contributed by atoms with Gasteiger partial charge in [0.15, 0.2) is 6.61 Å².